The van der Waals surface area contributed by atoms with Crippen LogP contribution in [0.2, 0.25) is 5.02 Å². The minimum Gasteiger partial charge on any atom is -0.469 e. The SMILES string of the molecule is COC(=O)C(C)(C)Cc1ncc(-c2ccc(NC(=O)Nc3ccccc3Cl)cc2)o1. The van der Waals surface area contributed by atoms with Crippen molar-refractivity contribution in [2.24, 2.45) is 5.41 Å². The van der Waals surface area contributed by atoms with Crippen LogP contribution in [0.25, 0.3) is 11.3 Å². The van der Waals surface area contributed by atoms with Gasteiger partial charge in [0.05, 0.1) is 29.4 Å². The summed E-state index contributed by atoms with van der Waals surface area (Å²) in [6.07, 6.45) is 1.93. The van der Waals surface area contributed by atoms with Crippen LogP contribution in [0.1, 0.15) is 19.7 Å². The summed E-state index contributed by atoms with van der Waals surface area (Å²) in [5, 5.41) is 5.90. The molecule has 1 aromatic heterocycles. The van der Waals surface area contributed by atoms with Crippen LogP contribution in [0.15, 0.2) is 59.1 Å². The van der Waals surface area contributed by atoms with E-state index in [-0.39, 0.29) is 5.97 Å². The summed E-state index contributed by atoms with van der Waals surface area (Å²) < 4.78 is 10.6. The molecule has 0 radical (unpaired) electrons. The van der Waals surface area contributed by atoms with Gasteiger partial charge in [-0.25, -0.2) is 9.78 Å². The van der Waals surface area contributed by atoms with E-state index in [1.165, 1.54) is 7.11 Å². The molecule has 0 fully saturated rings. The number of esters is 1. The first kappa shape index (κ1) is 21.4. The Morgan fingerprint density at radius 3 is 2.47 bits per heavy atom. The van der Waals surface area contributed by atoms with Crippen LogP contribution in [0.4, 0.5) is 16.2 Å². The molecule has 3 aromatic rings. The Hall–Kier alpha value is -3.32. The van der Waals surface area contributed by atoms with Crippen molar-refractivity contribution in [3.8, 4) is 11.3 Å². The average molecular weight is 428 g/mol. The van der Waals surface area contributed by atoms with Gasteiger partial charge < -0.3 is 19.8 Å². The molecule has 30 heavy (non-hydrogen) atoms. The van der Waals surface area contributed by atoms with E-state index in [1.807, 2.05) is 0 Å². The molecule has 0 unspecified atom stereocenters. The van der Waals surface area contributed by atoms with Gasteiger partial charge in [0.1, 0.15) is 0 Å². The van der Waals surface area contributed by atoms with Gasteiger partial charge in [0.15, 0.2) is 11.7 Å². The van der Waals surface area contributed by atoms with Crippen LogP contribution < -0.4 is 10.6 Å². The second-order valence-electron chi connectivity index (χ2n) is 7.31. The Labute approximate surface area is 179 Å². The molecule has 0 spiro atoms. The van der Waals surface area contributed by atoms with Gasteiger partial charge in [-0.3, -0.25) is 4.79 Å². The summed E-state index contributed by atoms with van der Waals surface area (Å²) in [7, 11) is 1.36. The highest BCUT2D eigenvalue weighted by molar-refractivity contribution is 6.33. The van der Waals surface area contributed by atoms with E-state index in [4.69, 9.17) is 20.8 Å². The number of oxazole rings is 1. The van der Waals surface area contributed by atoms with Crippen molar-refractivity contribution in [2.75, 3.05) is 17.7 Å². The number of rotatable bonds is 6. The number of methoxy groups -OCH3 is 1. The highest BCUT2D eigenvalue weighted by Crippen LogP contribution is 2.27. The lowest BCUT2D eigenvalue weighted by molar-refractivity contribution is -0.150. The number of hydrogen-bond acceptors (Lipinski definition) is 5. The van der Waals surface area contributed by atoms with Crippen molar-refractivity contribution in [2.45, 2.75) is 20.3 Å². The monoisotopic (exact) mass is 427 g/mol. The zero-order valence-electron chi connectivity index (χ0n) is 16.9. The van der Waals surface area contributed by atoms with Crippen LogP contribution in [-0.2, 0) is 16.0 Å². The third kappa shape index (κ3) is 5.18. The molecular formula is C22H22ClN3O4. The van der Waals surface area contributed by atoms with E-state index in [2.05, 4.69) is 15.6 Å². The number of benzene rings is 2. The van der Waals surface area contributed by atoms with Gasteiger partial charge in [-0.1, -0.05) is 23.7 Å². The van der Waals surface area contributed by atoms with Gasteiger partial charge >= 0.3 is 12.0 Å². The number of urea groups is 1. The van der Waals surface area contributed by atoms with E-state index in [0.29, 0.717) is 34.5 Å². The number of ether oxygens (including phenoxy) is 1. The lowest BCUT2D eigenvalue weighted by Crippen LogP contribution is -2.28. The van der Waals surface area contributed by atoms with Crippen molar-refractivity contribution in [3.63, 3.8) is 0 Å². The second-order valence-corrected chi connectivity index (χ2v) is 7.71. The summed E-state index contributed by atoms with van der Waals surface area (Å²) in [6.45, 7) is 3.55. The number of aromatic nitrogens is 1. The Morgan fingerprint density at radius 1 is 1.10 bits per heavy atom. The third-order valence-corrected chi connectivity index (χ3v) is 4.76. The molecule has 0 aliphatic heterocycles. The molecule has 8 heteroatoms. The van der Waals surface area contributed by atoms with Gasteiger partial charge in [-0.2, -0.15) is 0 Å². The van der Waals surface area contributed by atoms with Crippen LogP contribution in [0, 0.1) is 5.41 Å². The van der Waals surface area contributed by atoms with Crippen LogP contribution in [0.5, 0.6) is 0 Å². The Bertz CT molecular complexity index is 1040. The highest BCUT2D eigenvalue weighted by Gasteiger charge is 2.31. The standard InChI is InChI=1S/C22H22ClN3O4/c1-22(2,20(27)29-3)12-19-24-13-18(30-19)14-8-10-15(11-9-14)25-21(28)26-17-7-5-4-6-16(17)23/h4-11,13H,12H2,1-3H3,(H2,25,26,28). The average Bonchev–Trinajstić information content (AvgIpc) is 3.17. The summed E-state index contributed by atoms with van der Waals surface area (Å²) in [5.41, 5.74) is 1.19. The maximum Gasteiger partial charge on any atom is 0.323 e. The molecule has 3 rings (SSSR count). The van der Waals surface area contributed by atoms with Crippen molar-refractivity contribution in [1.29, 1.82) is 0 Å². The topological polar surface area (TPSA) is 93.5 Å². The molecule has 156 valence electrons. The maximum atomic E-state index is 12.2. The molecule has 0 bridgehead atoms. The van der Waals surface area contributed by atoms with E-state index in [0.717, 1.165) is 5.56 Å². The first-order valence-electron chi connectivity index (χ1n) is 9.24. The highest BCUT2D eigenvalue weighted by atomic mass is 35.5. The fraction of sp³-hybridized carbons (Fsp3) is 0.227. The fourth-order valence-electron chi connectivity index (χ4n) is 2.82. The normalized spacial score (nSPS) is 11.1. The fourth-order valence-corrected chi connectivity index (χ4v) is 3.00. The zero-order chi connectivity index (χ0) is 21.7. The smallest absolute Gasteiger partial charge is 0.323 e. The lowest BCUT2D eigenvalue weighted by Gasteiger charge is -2.18. The molecule has 7 nitrogen and oxygen atoms in total. The maximum absolute atomic E-state index is 12.2. The van der Waals surface area contributed by atoms with E-state index >= 15 is 0 Å². The molecule has 2 aromatic carbocycles. The number of anilines is 2. The van der Waals surface area contributed by atoms with E-state index < -0.39 is 11.4 Å². The first-order chi connectivity index (χ1) is 14.3. The van der Waals surface area contributed by atoms with Crippen LogP contribution in [-0.4, -0.2) is 24.1 Å². The molecule has 0 aliphatic carbocycles. The van der Waals surface area contributed by atoms with Gasteiger partial charge in [0, 0.05) is 17.7 Å². The summed E-state index contributed by atoms with van der Waals surface area (Å²) in [5.74, 6) is 0.687. The molecule has 0 atom stereocenters. The van der Waals surface area contributed by atoms with Crippen molar-refractivity contribution >= 4 is 35.0 Å². The van der Waals surface area contributed by atoms with Crippen molar-refractivity contribution in [3.05, 3.63) is 65.6 Å². The molecule has 2 amide bonds. The third-order valence-electron chi connectivity index (χ3n) is 4.43. The number of carbonyl (C=O) groups excluding carboxylic acids is 2. The number of carbonyl (C=O) groups is 2. The van der Waals surface area contributed by atoms with Crippen LogP contribution in [0.3, 0.4) is 0 Å². The summed E-state index contributed by atoms with van der Waals surface area (Å²) in [6, 6.07) is 13.7. The van der Waals surface area contributed by atoms with Crippen molar-refractivity contribution < 1.29 is 18.7 Å². The Balaban J connectivity index is 1.63. The number of halogens is 1. The largest absolute Gasteiger partial charge is 0.469 e. The quantitative estimate of drug-likeness (QED) is 0.515. The zero-order valence-corrected chi connectivity index (χ0v) is 17.6. The van der Waals surface area contributed by atoms with E-state index in [1.54, 1.807) is 68.6 Å². The molecule has 0 saturated carbocycles. The predicted octanol–water partition coefficient (Wildman–Crippen LogP) is 5.38. The molecule has 0 aliphatic rings. The molecule has 1 heterocycles. The van der Waals surface area contributed by atoms with Crippen LogP contribution >= 0.6 is 11.6 Å². The Kier molecular flexibility index (Phi) is 6.42. The molecule has 2 N–H and O–H groups in total. The van der Waals surface area contributed by atoms with Crippen molar-refractivity contribution in [1.82, 2.24) is 4.98 Å². The number of nitrogens with zero attached hydrogens (tertiary/aromatic N) is 1. The van der Waals surface area contributed by atoms with Gasteiger partial charge in [-0.05, 0) is 50.2 Å². The first-order valence-corrected chi connectivity index (χ1v) is 9.62. The minimum absolute atomic E-state index is 0.321. The molecular weight excluding hydrogens is 406 g/mol. The second kappa shape index (κ2) is 9.00. The van der Waals surface area contributed by atoms with Gasteiger partial charge in [-0.15, -0.1) is 0 Å². The Morgan fingerprint density at radius 2 is 1.80 bits per heavy atom. The predicted molar refractivity (Wildman–Crippen MR) is 116 cm³/mol. The number of hydrogen-bond donors (Lipinski definition) is 2. The summed E-state index contributed by atoms with van der Waals surface area (Å²) in [4.78, 5) is 28.2. The molecule has 0 saturated heterocycles. The van der Waals surface area contributed by atoms with Gasteiger partial charge in [0.2, 0.25) is 0 Å². The minimum atomic E-state index is -0.736. The summed E-state index contributed by atoms with van der Waals surface area (Å²) >= 11 is 6.04. The number of nitrogens with one attached hydrogen (secondary N) is 2. The van der Waals surface area contributed by atoms with E-state index in [9.17, 15) is 9.59 Å². The number of para-hydroxylation sites is 1. The number of amides is 2. The lowest BCUT2D eigenvalue weighted by atomic mass is 9.89. The van der Waals surface area contributed by atoms with Gasteiger partial charge in [0.25, 0.3) is 0 Å².